The highest BCUT2D eigenvalue weighted by Crippen LogP contribution is 2.36. The third-order valence-corrected chi connectivity index (χ3v) is 5.47. The van der Waals surface area contributed by atoms with Gasteiger partial charge in [-0.1, -0.05) is 32.1 Å². The smallest absolute Gasteiger partial charge is 0.338 e. The van der Waals surface area contributed by atoms with Crippen molar-refractivity contribution in [1.82, 2.24) is 5.32 Å². The van der Waals surface area contributed by atoms with E-state index in [0.717, 1.165) is 13.0 Å². The molecule has 0 bridgehead atoms. The Morgan fingerprint density at radius 2 is 1.84 bits per heavy atom. The van der Waals surface area contributed by atoms with E-state index in [1.54, 1.807) is 31.2 Å². The fourth-order valence-electron chi connectivity index (χ4n) is 4.20. The average Bonchev–Trinajstić information content (AvgIpc) is 3.13. The summed E-state index contributed by atoms with van der Waals surface area (Å²) in [5.74, 6) is 0.817. The van der Waals surface area contributed by atoms with Crippen LogP contribution in [-0.2, 0) is 9.53 Å². The summed E-state index contributed by atoms with van der Waals surface area (Å²) in [6.07, 6.45) is 7.52. The molecule has 0 unspecified atom stereocenters. The number of rotatable bonds is 5. The molecule has 1 aromatic rings. The minimum atomic E-state index is -0.338. The Hall–Kier alpha value is -1.88. The third kappa shape index (κ3) is 4.40. The van der Waals surface area contributed by atoms with Crippen molar-refractivity contribution in [2.75, 3.05) is 18.5 Å². The number of nitrogens with one attached hydrogen (secondary N) is 2. The third-order valence-electron chi connectivity index (χ3n) is 5.47. The number of hydrogen-bond acceptors (Lipinski definition) is 4. The van der Waals surface area contributed by atoms with Crippen molar-refractivity contribution < 1.29 is 14.3 Å². The molecule has 5 nitrogen and oxygen atoms in total. The van der Waals surface area contributed by atoms with Gasteiger partial charge in [-0.3, -0.25) is 4.79 Å². The number of amides is 1. The first-order chi connectivity index (χ1) is 12.2. The molecule has 0 aromatic heterocycles. The monoisotopic (exact) mass is 344 g/mol. The van der Waals surface area contributed by atoms with Crippen molar-refractivity contribution >= 4 is 17.6 Å². The van der Waals surface area contributed by atoms with Gasteiger partial charge in [-0.05, 0) is 56.0 Å². The number of ether oxygens (including phenoxy) is 1. The lowest BCUT2D eigenvalue weighted by Gasteiger charge is -2.30. The molecular weight excluding hydrogens is 316 g/mol. The number of carbonyl (C=O) groups excluding carboxylic acids is 2. The van der Waals surface area contributed by atoms with Crippen molar-refractivity contribution in [2.24, 2.45) is 11.8 Å². The van der Waals surface area contributed by atoms with Gasteiger partial charge in [0.2, 0.25) is 5.91 Å². The Kier molecular flexibility index (Phi) is 6.08. The molecule has 2 atom stereocenters. The van der Waals surface area contributed by atoms with E-state index in [0.29, 0.717) is 29.7 Å². The molecular formula is C20H28N2O3. The maximum absolute atomic E-state index is 12.7. The van der Waals surface area contributed by atoms with E-state index < -0.39 is 0 Å². The number of esters is 1. The Morgan fingerprint density at radius 1 is 1.12 bits per heavy atom. The molecule has 1 heterocycles. The number of anilines is 1. The SMILES string of the molecule is CCOC(=O)c1ccc(NC(=O)[C@H]2NCC[C@H]2C2CCCCC2)cc1. The summed E-state index contributed by atoms with van der Waals surface area (Å²) < 4.78 is 4.98. The van der Waals surface area contributed by atoms with E-state index in [-0.39, 0.29) is 17.9 Å². The molecule has 2 fully saturated rings. The lowest BCUT2D eigenvalue weighted by molar-refractivity contribution is -0.119. The molecule has 2 aliphatic rings. The quantitative estimate of drug-likeness (QED) is 0.804. The zero-order valence-electron chi connectivity index (χ0n) is 14.9. The summed E-state index contributed by atoms with van der Waals surface area (Å²) >= 11 is 0. The first-order valence-corrected chi connectivity index (χ1v) is 9.50. The fraction of sp³-hybridized carbons (Fsp3) is 0.600. The van der Waals surface area contributed by atoms with Crippen LogP contribution in [0, 0.1) is 11.8 Å². The second kappa shape index (κ2) is 8.48. The average molecular weight is 344 g/mol. The lowest BCUT2D eigenvalue weighted by Crippen LogP contribution is -2.42. The van der Waals surface area contributed by atoms with Crippen molar-refractivity contribution in [3.63, 3.8) is 0 Å². The van der Waals surface area contributed by atoms with E-state index >= 15 is 0 Å². The molecule has 1 saturated carbocycles. The Morgan fingerprint density at radius 3 is 2.52 bits per heavy atom. The first kappa shape index (κ1) is 17.9. The van der Waals surface area contributed by atoms with Crippen LogP contribution in [0.15, 0.2) is 24.3 Å². The maximum atomic E-state index is 12.7. The predicted octanol–water partition coefficient (Wildman–Crippen LogP) is 3.36. The van der Waals surface area contributed by atoms with Crippen LogP contribution in [-0.4, -0.2) is 31.1 Å². The van der Waals surface area contributed by atoms with Gasteiger partial charge in [0.25, 0.3) is 0 Å². The number of carbonyl (C=O) groups is 2. The van der Waals surface area contributed by atoms with Crippen LogP contribution < -0.4 is 10.6 Å². The number of hydrogen-bond donors (Lipinski definition) is 2. The van der Waals surface area contributed by atoms with Crippen molar-refractivity contribution in [2.45, 2.75) is 51.5 Å². The zero-order chi connectivity index (χ0) is 17.6. The van der Waals surface area contributed by atoms with Gasteiger partial charge in [-0.25, -0.2) is 4.79 Å². The van der Waals surface area contributed by atoms with E-state index in [2.05, 4.69) is 10.6 Å². The van der Waals surface area contributed by atoms with E-state index in [9.17, 15) is 9.59 Å². The molecule has 3 rings (SSSR count). The first-order valence-electron chi connectivity index (χ1n) is 9.50. The molecule has 1 aromatic carbocycles. The van der Waals surface area contributed by atoms with Gasteiger partial charge in [0.05, 0.1) is 18.2 Å². The van der Waals surface area contributed by atoms with Gasteiger partial charge in [0.15, 0.2) is 0 Å². The van der Waals surface area contributed by atoms with Crippen LogP contribution >= 0.6 is 0 Å². The molecule has 2 N–H and O–H groups in total. The molecule has 1 aliphatic heterocycles. The molecule has 0 radical (unpaired) electrons. The summed E-state index contributed by atoms with van der Waals surface area (Å²) in [7, 11) is 0. The van der Waals surface area contributed by atoms with Gasteiger partial charge in [-0.15, -0.1) is 0 Å². The summed E-state index contributed by atoms with van der Waals surface area (Å²) in [6.45, 7) is 3.05. The van der Waals surface area contributed by atoms with Crippen LogP contribution in [0.25, 0.3) is 0 Å². The minimum absolute atomic E-state index is 0.0389. The standard InChI is InChI=1S/C20H28N2O3/c1-2-25-20(24)15-8-10-16(11-9-15)22-19(23)18-17(12-13-21-18)14-6-4-3-5-7-14/h8-11,14,17-18,21H,2-7,12-13H2,1H3,(H,22,23)/t17-,18-/m0/s1. The van der Waals surface area contributed by atoms with Gasteiger partial charge in [-0.2, -0.15) is 0 Å². The van der Waals surface area contributed by atoms with Crippen LogP contribution in [0.1, 0.15) is 55.8 Å². The van der Waals surface area contributed by atoms with Gasteiger partial charge in [0.1, 0.15) is 0 Å². The Balaban J connectivity index is 1.60. The zero-order valence-corrected chi connectivity index (χ0v) is 14.9. The molecule has 25 heavy (non-hydrogen) atoms. The highest BCUT2D eigenvalue weighted by Gasteiger charge is 2.38. The van der Waals surface area contributed by atoms with Crippen LogP contribution in [0.3, 0.4) is 0 Å². The Labute approximate surface area is 149 Å². The lowest BCUT2D eigenvalue weighted by atomic mass is 9.76. The van der Waals surface area contributed by atoms with Gasteiger partial charge in [0, 0.05) is 5.69 Å². The maximum Gasteiger partial charge on any atom is 0.338 e. The van der Waals surface area contributed by atoms with Crippen molar-refractivity contribution in [3.8, 4) is 0 Å². The minimum Gasteiger partial charge on any atom is -0.462 e. The molecule has 136 valence electrons. The second-order valence-electron chi connectivity index (χ2n) is 7.07. The summed E-state index contributed by atoms with van der Waals surface area (Å²) in [5.41, 5.74) is 1.22. The van der Waals surface area contributed by atoms with E-state index in [1.165, 1.54) is 32.1 Å². The molecule has 0 spiro atoms. The second-order valence-corrected chi connectivity index (χ2v) is 7.07. The molecule has 1 amide bonds. The van der Waals surface area contributed by atoms with E-state index in [1.807, 2.05) is 0 Å². The highest BCUT2D eigenvalue weighted by atomic mass is 16.5. The van der Waals surface area contributed by atoms with Crippen molar-refractivity contribution in [3.05, 3.63) is 29.8 Å². The van der Waals surface area contributed by atoms with E-state index in [4.69, 9.17) is 4.74 Å². The molecule has 5 heteroatoms. The van der Waals surface area contributed by atoms with Crippen LogP contribution in [0.2, 0.25) is 0 Å². The molecule has 1 aliphatic carbocycles. The van der Waals surface area contributed by atoms with Gasteiger partial charge < -0.3 is 15.4 Å². The molecule has 1 saturated heterocycles. The van der Waals surface area contributed by atoms with Gasteiger partial charge >= 0.3 is 5.97 Å². The Bertz CT molecular complexity index is 593. The predicted molar refractivity (Wildman–Crippen MR) is 97.5 cm³/mol. The fourth-order valence-corrected chi connectivity index (χ4v) is 4.20. The summed E-state index contributed by atoms with van der Waals surface area (Å²) in [4.78, 5) is 24.4. The number of benzene rings is 1. The summed E-state index contributed by atoms with van der Waals surface area (Å²) in [5, 5.41) is 6.38. The highest BCUT2D eigenvalue weighted by molar-refractivity contribution is 5.96. The normalized spacial score (nSPS) is 24.0. The van der Waals surface area contributed by atoms with Crippen molar-refractivity contribution in [1.29, 1.82) is 0 Å². The van der Waals surface area contributed by atoms with Crippen LogP contribution in [0.4, 0.5) is 5.69 Å². The topological polar surface area (TPSA) is 67.4 Å². The van der Waals surface area contributed by atoms with Crippen LogP contribution in [0.5, 0.6) is 0 Å². The summed E-state index contributed by atoms with van der Waals surface area (Å²) in [6, 6.07) is 6.79. The largest absolute Gasteiger partial charge is 0.462 e.